The second-order valence-electron chi connectivity index (χ2n) is 4.35. The van der Waals surface area contributed by atoms with Gasteiger partial charge >= 0.3 is 0 Å². The van der Waals surface area contributed by atoms with Crippen LogP contribution in [0.1, 0.15) is 32.1 Å². The third kappa shape index (κ3) is 3.23. The van der Waals surface area contributed by atoms with Crippen LogP contribution in [0.3, 0.4) is 0 Å². The van der Waals surface area contributed by atoms with Gasteiger partial charge in [-0.1, -0.05) is 25.7 Å². The van der Waals surface area contributed by atoms with Crippen molar-refractivity contribution in [2.75, 3.05) is 10.5 Å². The molecule has 1 saturated carbocycles. The third-order valence-corrected chi connectivity index (χ3v) is 4.36. The van der Waals surface area contributed by atoms with Gasteiger partial charge in [0.1, 0.15) is 0 Å². The second kappa shape index (κ2) is 4.86. The summed E-state index contributed by atoms with van der Waals surface area (Å²) in [5, 5.41) is 6.26. The van der Waals surface area contributed by atoms with Crippen LogP contribution in [-0.4, -0.2) is 24.4 Å². The Labute approximate surface area is 95.7 Å². The first-order valence-corrected chi connectivity index (χ1v) is 7.30. The van der Waals surface area contributed by atoms with E-state index in [1.54, 1.807) is 0 Å². The number of anilines is 1. The monoisotopic (exact) mass is 243 g/mol. The summed E-state index contributed by atoms with van der Waals surface area (Å²) in [7, 11) is -3.20. The molecule has 0 radical (unpaired) electrons. The van der Waals surface area contributed by atoms with E-state index >= 15 is 0 Å². The summed E-state index contributed by atoms with van der Waals surface area (Å²) in [4.78, 5) is 0. The second-order valence-corrected chi connectivity index (χ2v) is 6.19. The van der Waals surface area contributed by atoms with Gasteiger partial charge in [-0.25, -0.2) is 8.42 Å². The fraction of sp³-hybridized carbons (Fsp3) is 0.700. The number of aromatic amines is 1. The van der Waals surface area contributed by atoms with Crippen LogP contribution >= 0.6 is 0 Å². The van der Waals surface area contributed by atoms with E-state index in [-0.39, 0.29) is 5.75 Å². The van der Waals surface area contributed by atoms with E-state index < -0.39 is 10.0 Å². The lowest BCUT2D eigenvalue weighted by Gasteiger charge is -2.09. The minimum absolute atomic E-state index is 0.211. The Balaban J connectivity index is 1.83. The first kappa shape index (κ1) is 11.4. The minimum atomic E-state index is -3.20. The molecule has 0 aromatic carbocycles. The van der Waals surface area contributed by atoms with Gasteiger partial charge in [0.2, 0.25) is 10.0 Å². The standard InChI is InChI=1S/C10H17N3O2S/c14-16(15,13-10-7-11-12-8-10)6-5-9-3-1-2-4-9/h7-9,13H,1-6H2,(H,11,12). The lowest BCUT2D eigenvalue weighted by molar-refractivity contribution is 0.522. The predicted molar refractivity (Wildman–Crippen MR) is 62.6 cm³/mol. The average molecular weight is 243 g/mol. The molecule has 2 rings (SSSR count). The fourth-order valence-electron chi connectivity index (χ4n) is 2.16. The molecule has 6 heteroatoms. The summed E-state index contributed by atoms with van der Waals surface area (Å²) >= 11 is 0. The van der Waals surface area contributed by atoms with Gasteiger partial charge in [-0.05, 0) is 12.3 Å². The molecule has 16 heavy (non-hydrogen) atoms. The number of sulfonamides is 1. The zero-order valence-electron chi connectivity index (χ0n) is 9.15. The smallest absolute Gasteiger partial charge is 0.232 e. The zero-order chi connectivity index (χ0) is 11.4. The molecule has 1 aromatic heterocycles. The lowest BCUT2D eigenvalue weighted by atomic mass is 10.1. The topological polar surface area (TPSA) is 74.8 Å². The maximum atomic E-state index is 11.7. The molecule has 2 N–H and O–H groups in total. The van der Waals surface area contributed by atoms with Gasteiger partial charge < -0.3 is 0 Å². The summed E-state index contributed by atoms with van der Waals surface area (Å²) in [5.74, 6) is 0.809. The number of aromatic nitrogens is 2. The average Bonchev–Trinajstić information content (AvgIpc) is 2.85. The summed E-state index contributed by atoms with van der Waals surface area (Å²) in [6, 6.07) is 0. The molecular weight excluding hydrogens is 226 g/mol. The molecule has 0 unspecified atom stereocenters. The predicted octanol–water partition coefficient (Wildman–Crippen LogP) is 1.73. The lowest BCUT2D eigenvalue weighted by Crippen LogP contribution is -2.18. The van der Waals surface area contributed by atoms with Gasteiger partial charge in [-0.2, -0.15) is 5.10 Å². The first-order valence-electron chi connectivity index (χ1n) is 5.65. The number of nitrogens with zero attached hydrogens (tertiary/aromatic N) is 1. The Hall–Kier alpha value is -1.04. The molecule has 1 aliphatic rings. The molecule has 1 aliphatic carbocycles. The van der Waals surface area contributed by atoms with Crippen LogP contribution in [0.5, 0.6) is 0 Å². The van der Waals surface area contributed by atoms with E-state index in [4.69, 9.17) is 0 Å². The van der Waals surface area contributed by atoms with Crippen molar-refractivity contribution in [1.82, 2.24) is 10.2 Å². The molecule has 0 spiro atoms. The Kier molecular flexibility index (Phi) is 3.48. The van der Waals surface area contributed by atoms with E-state index in [0.29, 0.717) is 11.6 Å². The van der Waals surface area contributed by atoms with Crippen LogP contribution in [0.4, 0.5) is 5.69 Å². The van der Waals surface area contributed by atoms with E-state index in [9.17, 15) is 8.42 Å². The summed E-state index contributed by atoms with van der Waals surface area (Å²) < 4.78 is 25.9. The van der Waals surface area contributed by atoms with E-state index in [2.05, 4.69) is 14.9 Å². The Morgan fingerprint density at radius 1 is 1.44 bits per heavy atom. The largest absolute Gasteiger partial charge is 0.284 e. The van der Waals surface area contributed by atoms with E-state index in [0.717, 1.165) is 6.42 Å². The number of rotatable bonds is 5. The number of hydrogen-bond acceptors (Lipinski definition) is 3. The summed E-state index contributed by atoms with van der Waals surface area (Å²) in [6.07, 6.45) is 8.63. The number of hydrogen-bond donors (Lipinski definition) is 2. The van der Waals surface area contributed by atoms with Crippen LogP contribution in [0, 0.1) is 5.92 Å². The SMILES string of the molecule is O=S(=O)(CCC1CCCC1)Nc1cn[nH]c1. The molecule has 0 aliphatic heterocycles. The van der Waals surface area contributed by atoms with Crippen LogP contribution in [0.25, 0.3) is 0 Å². The van der Waals surface area contributed by atoms with Crippen molar-refractivity contribution < 1.29 is 8.42 Å². The van der Waals surface area contributed by atoms with Gasteiger partial charge in [0, 0.05) is 6.20 Å². The first-order chi connectivity index (χ1) is 7.66. The van der Waals surface area contributed by atoms with Gasteiger partial charge in [-0.3, -0.25) is 9.82 Å². The van der Waals surface area contributed by atoms with Crippen molar-refractivity contribution in [2.24, 2.45) is 5.92 Å². The highest BCUT2D eigenvalue weighted by molar-refractivity contribution is 7.92. The summed E-state index contributed by atoms with van der Waals surface area (Å²) in [6.45, 7) is 0. The molecule has 1 fully saturated rings. The minimum Gasteiger partial charge on any atom is -0.284 e. The van der Waals surface area contributed by atoms with Crippen molar-refractivity contribution >= 4 is 15.7 Å². The maximum Gasteiger partial charge on any atom is 0.232 e. The number of nitrogens with one attached hydrogen (secondary N) is 2. The van der Waals surface area contributed by atoms with Crippen molar-refractivity contribution in [2.45, 2.75) is 32.1 Å². The summed E-state index contributed by atoms with van der Waals surface area (Å²) in [5.41, 5.74) is 0.506. The highest BCUT2D eigenvalue weighted by Gasteiger charge is 2.19. The molecule has 1 heterocycles. The molecule has 0 saturated heterocycles. The van der Waals surface area contributed by atoms with Crippen molar-refractivity contribution in [1.29, 1.82) is 0 Å². The van der Waals surface area contributed by atoms with Gasteiger partial charge in [0.05, 0.1) is 17.6 Å². The zero-order valence-corrected chi connectivity index (χ0v) is 9.96. The third-order valence-electron chi connectivity index (χ3n) is 3.04. The molecule has 0 bridgehead atoms. The Bertz CT molecular complexity index is 407. The quantitative estimate of drug-likeness (QED) is 0.827. The van der Waals surface area contributed by atoms with Crippen molar-refractivity contribution in [3.8, 4) is 0 Å². The number of H-pyrrole nitrogens is 1. The van der Waals surface area contributed by atoms with E-state index in [1.807, 2.05) is 0 Å². The van der Waals surface area contributed by atoms with Crippen LogP contribution in [0.2, 0.25) is 0 Å². The maximum absolute atomic E-state index is 11.7. The van der Waals surface area contributed by atoms with Gasteiger partial charge in [0.25, 0.3) is 0 Å². The normalized spacial score (nSPS) is 17.8. The van der Waals surface area contributed by atoms with Crippen LogP contribution in [-0.2, 0) is 10.0 Å². The van der Waals surface area contributed by atoms with Gasteiger partial charge in [0.15, 0.2) is 0 Å². The molecule has 90 valence electrons. The molecular formula is C10H17N3O2S. The molecule has 1 aromatic rings. The Morgan fingerprint density at radius 3 is 2.81 bits per heavy atom. The van der Waals surface area contributed by atoms with Crippen LogP contribution < -0.4 is 4.72 Å². The van der Waals surface area contributed by atoms with Crippen LogP contribution in [0.15, 0.2) is 12.4 Å². The van der Waals surface area contributed by atoms with E-state index in [1.165, 1.54) is 38.1 Å². The molecule has 5 nitrogen and oxygen atoms in total. The van der Waals surface area contributed by atoms with Gasteiger partial charge in [-0.15, -0.1) is 0 Å². The Morgan fingerprint density at radius 2 is 2.19 bits per heavy atom. The van der Waals surface area contributed by atoms with Crippen molar-refractivity contribution in [3.63, 3.8) is 0 Å². The van der Waals surface area contributed by atoms with Crippen molar-refractivity contribution in [3.05, 3.63) is 12.4 Å². The highest BCUT2D eigenvalue weighted by Crippen LogP contribution is 2.27. The highest BCUT2D eigenvalue weighted by atomic mass is 32.2. The molecule has 0 amide bonds. The molecule has 0 atom stereocenters. The fourth-order valence-corrected chi connectivity index (χ4v) is 3.37.